The summed E-state index contributed by atoms with van der Waals surface area (Å²) >= 11 is 5.76. The van der Waals surface area contributed by atoms with Crippen molar-refractivity contribution in [2.45, 2.75) is 13.3 Å². The maximum atomic E-state index is 12.1. The third-order valence-corrected chi connectivity index (χ3v) is 3.37. The highest BCUT2D eigenvalue weighted by Crippen LogP contribution is 2.30. The lowest BCUT2D eigenvalue weighted by atomic mass is 9.94. The molecule has 1 aromatic rings. The highest BCUT2D eigenvalue weighted by Gasteiger charge is 2.42. The van der Waals surface area contributed by atoms with E-state index in [1.807, 2.05) is 0 Å². The molecule has 1 heterocycles. The Hall–Kier alpha value is -1.68. The Bertz CT molecular complexity index is 497. The van der Waals surface area contributed by atoms with E-state index < -0.39 is 11.8 Å². The summed E-state index contributed by atoms with van der Waals surface area (Å²) in [4.78, 5) is 35.8. The van der Waals surface area contributed by atoms with Crippen molar-refractivity contribution in [2.75, 3.05) is 4.90 Å². The lowest BCUT2D eigenvalue weighted by molar-refractivity contribution is -0.125. The standard InChI is InChI=1S/C13H12ClNO3/c1-8(7-16)11-6-12(17)15(13(11)18)10-4-2-9(14)3-5-10/h2-5,7-8,11H,6H2,1H3. The summed E-state index contributed by atoms with van der Waals surface area (Å²) in [7, 11) is 0. The normalized spacial score (nSPS) is 21.2. The van der Waals surface area contributed by atoms with E-state index in [9.17, 15) is 14.4 Å². The molecule has 0 aliphatic carbocycles. The van der Waals surface area contributed by atoms with Gasteiger partial charge in [0.2, 0.25) is 11.8 Å². The Kier molecular flexibility index (Phi) is 3.48. The molecule has 1 aliphatic rings. The zero-order valence-electron chi connectivity index (χ0n) is 9.80. The van der Waals surface area contributed by atoms with Crippen molar-refractivity contribution < 1.29 is 14.4 Å². The molecule has 1 fully saturated rings. The maximum Gasteiger partial charge on any atom is 0.238 e. The summed E-state index contributed by atoms with van der Waals surface area (Å²) in [6, 6.07) is 6.47. The first-order valence-electron chi connectivity index (χ1n) is 5.62. The summed E-state index contributed by atoms with van der Waals surface area (Å²) in [5.74, 6) is -1.59. The second kappa shape index (κ2) is 4.90. The van der Waals surface area contributed by atoms with Crippen LogP contribution in [0.3, 0.4) is 0 Å². The van der Waals surface area contributed by atoms with E-state index in [1.54, 1.807) is 31.2 Å². The number of rotatable bonds is 3. The zero-order chi connectivity index (χ0) is 13.3. The van der Waals surface area contributed by atoms with Crippen molar-refractivity contribution in [1.82, 2.24) is 0 Å². The van der Waals surface area contributed by atoms with Gasteiger partial charge in [-0.2, -0.15) is 0 Å². The van der Waals surface area contributed by atoms with Gasteiger partial charge in [0, 0.05) is 17.4 Å². The van der Waals surface area contributed by atoms with Crippen LogP contribution in [-0.2, 0) is 14.4 Å². The fourth-order valence-electron chi connectivity index (χ4n) is 2.02. The average Bonchev–Trinajstić information content (AvgIpc) is 2.65. The number of amides is 2. The molecule has 4 nitrogen and oxygen atoms in total. The summed E-state index contributed by atoms with van der Waals surface area (Å²) < 4.78 is 0. The van der Waals surface area contributed by atoms with Gasteiger partial charge in [0.15, 0.2) is 0 Å². The molecule has 0 saturated carbocycles. The Morgan fingerprint density at radius 3 is 2.50 bits per heavy atom. The van der Waals surface area contributed by atoms with E-state index in [2.05, 4.69) is 0 Å². The van der Waals surface area contributed by atoms with E-state index in [4.69, 9.17) is 11.6 Å². The van der Waals surface area contributed by atoms with Crippen molar-refractivity contribution in [3.8, 4) is 0 Å². The van der Waals surface area contributed by atoms with E-state index >= 15 is 0 Å². The van der Waals surface area contributed by atoms with Gasteiger partial charge in [0.25, 0.3) is 0 Å². The van der Waals surface area contributed by atoms with Gasteiger partial charge >= 0.3 is 0 Å². The first-order valence-corrected chi connectivity index (χ1v) is 6.00. The highest BCUT2D eigenvalue weighted by molar-refractivity contribution is 6.30. The maximum absolute atomic E-state index is 12.1. The van der Waals surface area contributed by atoms with Gasteiger partial charge in [-0.25, -0.2) is 0 Å². The van der Waals surface area contributed by atoms with E-state index in [0.29, 0.717) is 17.0 Å². The molecule has 1 saturated heterocycles. The lowest BCUT2D eigenvalue weighted by Gasteiger charge is -2.16. The Labute approximate surface area is 110 Å². The molecule has 2 rings (SSSR count). The largest absolute Gasteiger partial charge is 0.303 e. The minimum Gasteiger partial charge on any atom is -0.303 e. The van der Waals surface area contributed by atoms with Crippen molar-refractivity contribution in [3.63, 3.8) is 0 Å². The second-order valence-electron chi connectivity index (χ2n) is 4.35. The molecule has 2 atom stereocenters. The van der Waals surface area contributed by atoms with Crippen LogP contribution in [0.4, 0.5) is 5.69 Å². The minimum atomic E-state index is -0.550. The number of carbonyl (C=O) groups excluding carboxylic acids is 3. The zero-order valence-corrected chi connectivity index (χ0v) is 10.6. The van der Waals surface area contributed by atoms with Gasteiger partial charge < -0.3 is 4.79 Å². The third-order valence-electron chi connectivity index (χ3n) is 3.12. The molecule has 1 aromatic carbocycles. The molecule has 2 amide bonds. The Morgan fingerprint density at radius 2 is 1.94 bits per heavy atom. The van der Waals surface area contributed by atoms with Crippen LogP contribution in [0.25, 0.3) is 0 Å². The molecule has 18 heavy (non-hydrogen) atoms. The van der Waals surface area contributed by atoms with Gasteiger partial charge in [-0.3, -0.25) is 14.5 Å². The quantitative estimate of drug-likeness (QED) is 0.621. The van der Waals surface area contributed by atoms with Crippen LogP contribution in [-0.4, -0.2) is 18.1 Å². The van der Waals surface area contributed by atoms with Gasteiger partial charge in [-0.15, -0.1) is 0 Å². The van der Waals surface area contributed by atoms with Crippen molar-refractivity contribution in [2.24, 2.45) is 11.8 Å². The monoisotopic (exact) mass is 265 g/mol. The number of anilines is 1. The fraction of sp³-hybridized carbons (Fsp3) is 0.308. The molecule has 2 unspecified atom stereocenters. The van der Waals surface area contributed by atoms with Crippen LogP contribution in [0, 0.1) is 11.8 Å². The Morgan fingerprint density at radius 1 is 1.33 bits per heavy atom. The van der Waals surface area contributed by atoms with E-state index in [0.717, 1.165) is 4.90 Å². The minimum absolute atomic E-state index is 0.0847. The predicted molar refractivity (Wildman–Crippen MR) is 67.3 cm³/mol. The van der Waals surface area contributed by atoms with E-state index in [-0.39, 0.29) is 18.2 Å². The number of imide groups is 1. The number of benzene rings is 1. The second-order valence-corrected chi connectivity index (χ2v) is 4.79. The summed E-state index contributed by atoms with van der Waals surface area (Å²) in [5.41, 5.74) is 0.495. The molecule has 94 valence electrons. The van der Waals surface area contributed by atoms with Crippen molar-refractivity contribution >= 4 is 35.4 Å². The van der Waals surface area contributed by atoms with Crippen molar-refractivity contribution in [3.05, 3.63) is 29.3 Å². The fourth-order valence-corrected chi connectivity index (χ4v) is 2.15. The van der Waals surface area contributed by atoms with Crippen LogP contribution >= 0.6 is 11.6 Å². The molecule has 5 heteroatoms. The molecule has 0 radical (unpaired) electrons. The molecule has 0 N–H and O–H groups in total. The van der Waals surface area contributed by atoms with Gasteiger partial charge in [-0.05, 0) is 24.3 Å². The third kappa shape index (κ3) is 2.16. The molecule has 0 spiro atoms. The van der Waals surface area contributed by atoms with Gasteiger partial charge in [0.05, 0.1) is 11.6 Å². The van der Waals surface area contributed by atoms with Crippen LogP contribution in [0.15, 0.2) is 24.3 Å². The number of nitrogens with zero attached hydrogens (tertiary/aromatic N) is 1. The average molecular weight is 266 g/mol. The Balaban J connectivity index is 2.29. The van der Waals surface area contributed by atoms with Crippen LogP contribution in [0.5, 0.6) is 0 Å². The first kappa shape index (κ1) is 12.8. The predicted octanol–water partition coefficient (Wildman–Crippen LogP) is 2.05. The van der Waals surface area contributed by atoms with E-state index in [1.165, 1.54) is 0 Å². The molecular weight excluding hydrogens is 254 g/mol. The van der Waals surface area contributed by atoms with Gasteiger partial charge in [0.1, 0.15) is 6.29 Å². The van der Waals surface area contributed by atoms with Gasteiger partial charge in [-0.1, -0.05) is 18.5 Å². The topological polar surface area (TPSA) is 54.5 Å². The number of hydrogen-bond donors (Lipinski definition) is 0. The molecular formula is C13H12ClNO3. The highest BCUT2D eigenvalue weighted by atomic mass is 35.5. The smallest absolute Gasteiger partial charge is 0.238 e. The summed E-state index contributed by atoms with van der Waals surface area (Å²) in [6.45, 7) is 1.65. The number of halogens is 1. The molecule has 0 bridgehead atoms. The summed E-state index contributed by atoms with van der Waals surface area (Å²) in [5, 5.41) is 0.538. The number of aldehydes is 1. The molecule has 1 aliphatic heterocycles. The van der Waals surface area contributed by atoms with Crippen LogP contribution in [0.2, 0.25) is 5.02 Å². The van der Waals surface area contributed by atoms with Crippen LogP contribution in [0.1, 0.15) is 13.3 Å². The molecule has 0 aromatic heterocycles. The number of carbonyl (C=O) groups is 3. The summed E-state index contributed by atoms with van der Waals surface area (Å²) in [6.07, 6.45) is 0.794. The lowest BCUT2D eigenvalue weighted by Crippen LogP contribution is -2.32. The van der Waals surface area contributed by atoms with Crippen molar-refractivity contribution in [1.29, 1.82) is 0 Å². The first-order chi connectivity index (χ1) is 8.54. The van der Waals surface area contributed by atoms with Crippen LogP contribution < -0.4 is 4.90 Å². The number of hydrogen-bond acceptors (Lipinski definition) is 3. The SMILES string of the molecule is CC(C=O)C1CC(=O)N(c2ccc(Cl)cc2)C1=O.